The van der Waals surface area contributed by atoms with E-state index in [4.69, 9.17) is 0 Å². The van der Waals surface area contributed by atoms with Gasteiger partial charge in [0.25, 0.3) is 0 Å². The van der Waals surface area contributed by atoms with Crippen LogP contribution in [0.2, 0.25) is 0 Å². The molecule has 0 unspecified atom stereocenters. The molecule has 0 amide bonds. The van der Waals surface area contributed by atoms with Crippen LogP contribution < -0.4 is 5.32 Å². The third-order valence-electron chi connectivity index (χ3n) is 7.20. The van der Waals surface area contributed by atoms with Crippen molar-refractivity contribution in [3.8, 4) is 11.3 Å². The zero-order valence-electron chi connectivity index (χ0n) is 20.5. The summed E-state index contributed by atoms with van der Waals surface area (Å²) in [5.74, 6) is 0.0857. The smallest absolute Gasteiger partial charge is 0.229 e. The lowest BCUT2D eigenvalue weighted by Crippen LogP contribution is -2.43. The second-order valence-electron chi connectivity index (χ2n) is 9.68. The molecular weight excluding hydrogens is 481 g/mol. The Labute approximate surface area is 212 Å². The van der Waals surface area contributed by atoms with Crippen molar-refractivity contribution in [2.75, 3.05) is 45.2 Å². The molecule has 0 bridgehead atoms. The number of nitrogens with zero attached hydrogens (tertiary/aromatic N) is 7. The summed E-state index contributed by atoms with van der Waals surface area (Å²) in [5.41, 5.74) is 1.75. The first-order valence-electron chi connectivity index (χ1n) is 12.4. The van der Waals surface area contributed by atoms with Gasteiger partial charge in [-0.2, -0.15) is 0 Å². The van der Waals surface area contributed by atoms with E-state index < -0.39 is 24.4 Å². The Bertz CT molecular complexity index is 1450. The van der Waals surface area contributed by atoms with E-state index in [9.17, 15) is 8.78 Å². The van der Waals surface area contributed by atoms with E-state index in [0.717, 1.165) is 37.9 Å². The van der Waals surface area contributed by atoms with Crippen molar-refractivity contribution in [3.05, 3.63) is 59.7 Å². The molecule has 8 nitrogen and oxygen atoms in total. The van der Waals surface area contributed by atoms with Crippen LogP contribution in [0.15, 0.2) is 36.7 Å². The van der Waals surface area contributed by atoms with Crippen LogP contribution in [0.25, 0.3) is 22.3 Å². The Hall–Kier alpha value is -3.57. The molecule has 2 aliphatic heterocycles. The summed E-state index contributed by atoms with van der Waals surface area (Å²) in [6.45, 7) is 4.06. The number of imidazole rings is 1. The van der Waals surface area contributed by atoms with Crippen LogP contribution in [0.5, 0.6) is 0 Å². The predicted molar refractivity (Wildman–Crippen MR) is 134 cm³/mol. The number of piperazine rings is 1. The molecule has 0 saturated carbocycles. The number of likely N-dealkylation sites (N-methyl/N-ethyl adjacent to an activating group) is 1. The van der Waals surface area contributed by atoms with E-state index in [-0.39, 0.29) is 22.7 Å². The number of fused-ring (bicyclic) bond motifs is 3. The molecule has 1 atom stereocenters. The van der Waals surface area contributed by atoms with Gasteiger partial charge in [0.05, 0.1) is 17.8 Å². The molecule has 1 N–H and O–H groups in total. The Morgan fingerprint density at radius 2 is 1.89 bits per heavy atom. The monoisotopic (exact) mass is 508 g/mol. The quantitative estimate of drug-likeness (QED) is 0.420. The van der Waals surface area contributed by atoms with Gasteiger partial charge in [-0.25, -0.2) is 33.1 Å². The lowest BCUT2D eigenvalue weighted by atomic mass is 10.1. The second kappa shape index (κ2) is 9.71. The van der Waals surface area contributed by atoms with Gasteiger partial charge < -0.3 is 14.8 Å². The molecule has 1 saturated heterocycles. The third kappa shape index (κ3) is 4.53. The zero-order valence-corrected chi connectivity index (χ0v) is 20.5. The molecular formula is C26H27F3N8. The highest BCUT2D eigenvalue weighted by Gasteiger charge is 2.28. The summed E-state index contributed by atoms with van der Waals surface area (Å²) in [6.07, 6.45) is 3.91. The van der Waals surface area contributed by atoms with Gasteiger partial charge >= 0.3 is 0 Å². The van der Waals surface area contributed by atoms with Gasteiger partial charge in [-0.05, 0) is 31.7 Å². The minimum Gasteiger partial charge on any atom is -0.322 e. The molecule has 11 heteroatoms. The van der Waals surface area contributed by atoms with E-state index in [0.29, 0.717) is 36.5 Å². The highest BCUT2D eigenvalue weighted by atomic mass is 19.1. The lowest BCUT2D eigenvalue weighted by molar-refractivity contribution is 0.148. The number of nitrogens with one attached hydrogen (secondary N) is 1. The summed E-state index contributed by atoms with van der Waals surface area (Å²) >= 11 is 0. The summed E-state index contributed by atoms with van der Waals surface area (Å²) in [6, 6.07) is 6.30. The number of hydrogen-bond acceptors (Lipinski definition) is 7. The standard InChI is InChI=1S/C26H27F3N8/c1-35-7-9-36(10-8-35)15-16-3-2-6-30-25(16)34-26-31-14-20(29)23(33-26)17-11-19(28)24-21(12-17)37-18(13-27)4-5-22(37)32-24/h2-3,6,11-12,14,18H,4-5,7-10,13,15H2,1H3,(H,30,31,33,34)/t18-/m0/s1. The zero-order chi connectivity index (χ0) is 25.5. The van der Waals surface area contributed by atoms with Gasteiger partial charge in [-0.3, -0.25) is 4.90 Å². The van der Waals surface area contributed by atoms with Crippen LogP contribution in [0.3, 0.4) is 0 Å². The van der Waals surface area contributed by atoms with Crippen molar-refractivity contribution in [1.29, 1.82) is 0 Å². The summed E-state index contributed by atoms with van der Waals surface area (Å²) in [7, 11) is 2.11. The third-order valence-corrected chi connectivity index (χ3v) is 7.20. The molecule has 4 aromatic rings. The van der Waals surface area contributed by atoms with Crippen LogP contribution in [0.1, 0.15) is 23.9 Å². The number of halogens is 3. The SMILES string of the molecule is CN1CCN(Cc2cccnc2Nc2ncc(F)c(-c3cc(F)c4nc5n(c4c3)[C@H](CF)CC5)n2)CC1. The van der Waals surface area contributed by atoms with Crippen LogP contribution >= 0.6 is 0 Å². The number of pyridine rings is 1. The maximum atomic E-state index is 15.0. The molecule has 5 heterocycles. The van der Waals surface area contributed by atoms with Crippen LogP contribution in [-0.2, 0) is 13.0 Å². The van der Waals surface area contributed by atoms with Crippen molar-refractivity contribution in [2.24, 2.45) is 0 Å². The maximum Gasteiger partial charge on any atom is 0.229 e. The van der Waals surface area contributed by atoms with Crippen LogP contribution in [0.4, 0.5) is 24.9 Å². The highest BCUT2D eigenvalue weighted by Crippen LogP contribution is 2.35. The molecule has 3 aromatic heterocycles. The molecule has 0 aliphatic carbocycles. The normalized spacial score (nSPS) is 18.4. The van der Waals surface area contributed by atoms with Crippen molar-refractivity contribution in [1.82, 2.24) is 34.3 Å². The first kappa shape index (κ1) is 23.8. The molecule has 1 fully saturated rings. The van der Waals surface area contributed by atoms with E-state index in [2.05, 4.69) is 42.1 Å². The van der Waals surface area contributed by atoms with Gasteiger partial charge in [0.2, 0.25) is 5.95 Å². The minimum absolute atomic E-state index is 0.0554. The number of anilines is 2. The Morgan fingerprint density at radius 3 is 2.70 bits per heavy atom. The molecule has 6 rings (SSSR count). The summed E-state index contributed by atoms with van der Waals surface area (Å²) in [4.78, 5) is 21.9. The van der Waals surface area contributed by atoms with E-state index in [1.54, 1.807) is 16.8 Å². The topological polar surface area (TPSA) is 75.0 Å². The number of hydrogen-bond donors (Lipinski definition) is 1. The largest absolute Gasteiger partial charge is 0.322 e. The molecule has 1 aromatic carbocycles. The summed E-state index contributed by atoms with van der Waals surface area (Å²) < 4.78 is 45.2. The van der Waals surface area contributed by atoms with Gasteiger partial charge in [0.15, 0.2) is 11.6 Å². The number of rotatable bonds is 6. The molecule has 0 radical (unpaired) electrons. The average Bonchev–Trinajstić information content (AvgIpc) is 3.48. The number of aryl methyl sites for hydroxylation is 1. The fourth-order valence-corrected chi connectivity index (χ4v) is 5.15. The van der Waals surface area contributed by atoms with Crippen LogP contribution in [-0.4, -0.2) is 74.2 Å². The molecule has 0 spiro atoms. The Kier molecular flexibility index (Phi) is 6.25. The fraction of sp³-hybridized carbons (Fsp3) is 0.385. The first-order valence-corrected chi connectivity index (χ1v) is 12.4. The molecule has 37 heavy (non-hydrogen) atoms. The number of aromatic nitrogens is 5. The number of alkyl halides is 1. The molecule has 2 aliphatic rings. The van der Waals surface area contributed by atoms with Crippen molar-refractivity contribution < 1.29 is 13.2 Å². The van der Waals surface area contributed by atoms with Gasteiger partial charge in [-0.1, -0.05) is 6.07 Å². The van der Waals surface area contributed by atoms with Gasteiger partial charge in [-0.15, -0.1) is 0 Å². The summed E-state index contributed by atoms with van der Waals surface area (Å²) in [5, 5.41) is 3.11. The van der Waals surface area contributed by atoms with Crippen molar-refractivity contribution in [2.45, 2.75) is 25.4 Å². The highest BCUT2D eigenvalue weighted by molar-refractivity contribution is 5.83. The lowest BCUT2D eigenvalue weighted by Gasteiger charge is -2.32. The van der Waals surface area contributed by atoms with E-state index in [1.807, 2.05) is 12.1 Å². The van der Waals surface area contributed by atoms with Crippen molar-refractivity contribution in [3.63, 3.8) is 0 Å². The van der Waals surface area contributed by atoms with Gasteiger partial charge in [0, 0.05) is 56.5 Å². The maximum absolute atomic E-state index is 15.0. The fourth-order valence-electron chi connectivity index (χ4n) is 5.15. The van der Waals surface area contributed by atoms with Crippen molar-refractivity contribution >= 4 is 22.8 Å². The van der Waals surface area contributed by atoms with E-state index in [1.165, 1.54) is 6.07 Å². The number of benzene rings is 1. The second-order valence-corrected chi connectivity index (χ2v) is 9.68. The predicted octanol–water partition coefficient (Wildman–Crippen LogP) is 4.11. The Morgan fingerprint density at radius 1 is 1.05 bits per heavy atom. The van der Waals surface area contributed by atoms with Crippen LogP contribution in [0, 0.1) is 11.6 Å². The Balaban J connectivity index is 1.32. The minimum atomic E-state index is -0.689. The first-order chi connectivity index (χ1) is 18.0. The average molecular weight is 509 g/mol. The van der Waals surface area contributed by atoms with Gasteiger partial charge in [0.1, 0.15) is 29.5 Å². The molecule has 192 valence electrons. The van der Waals surface area contributed by atoms with E-state index >= 15 is 4.39 Å².